The maximum Gasteiger partial charge on any atom is 0.169 e. The smallest absolute Gasteiger partial charge is 0.169 e. The fourth-order valence-electron chi connectivity index (χ4n) is 0.853. The molecule has 0 aliphatic rings. The van der Waals surface area contributed by atoms with E-state index in [1.165, 1.54) is 12.0 Å². The summed E-state index contributed by atoms with van der Waals surface area (Å²) in [4.78, 5) is 4.08. The summed E-state index contributed by atoms with van der Waals surface area (Å²) in [6.45, 7) is 3.31. The van der Waals surface area contributed by atoms with Crippen LogP contribution in [0.15, 0.2) is 35.3 Å². The Bertz CT molecular complexity index is 231. The lowest BCUT2D eigenvalue weighted by molar-refractivity contribution is 0.342. The van der Waals surface area contributed by atoms with Crippen molar-refractivity contribution in [2.75, 3.05) is 6.61 Å². The van der Waals surface area contributed by atoms with E-state index in [1.807, 2.05) is 37.3 Å². The maximum atomic E-state index is 4.96. The molecule has 0 saturated carbocycles. The van der Waals surface area contributed by atoms with Gasteiger partial charge in [-0.3, -0.25) is 4.99 Å². The summed E-state index contributed by atoms with van der Waals surface area (Å²) in [5, 5.41) is 0. The van der Waals surface area contributed by atoms with Gasteiger partial charge >= 0.3 is 0 Å². The van der Waals surface area contributed by atoms with Gasteiger partial charge in [0.2, 0.25) is 0 Å². The van der Waals surface area contributed by atoms with Gasteiger partial charge in [-0.25, -0.2) is 0 Å². The Balaban J connectivity index is 2.33. The molecule has 0 aromatic heterocycles. The molecule has 1 rings (SSSR count). The van der Waals surface area contributed by atoms with Crippen molar-refractivity contribution < 1.29 is 4.74 Å². The van der Waals surface area contributed by atoms with Crippen LogP contribution in [0, 0.1) is 0 Å². The third-order valence-corrected chi connectivity index (χ3v) is 1.43. The lowest BCUT2D eigenvalue weighted by Crippen LogP contribution is -1.86. The van der Waals surface area contributed by atoms with Crippen molar-refractivity contribution >= 4 is 6.40 Å². The summed E-state index contributed by atoms with van der Waals surface area (Å²) < 4.78 is 4.96. The Morgan fingerprint density at radius 1 is 1.33 bits per heavy atom. The molecule has 0 N–H and O–H groups in total. The highest BCUT2D eigenvalue weighted by Crippen LogP contribution is 1.98. The Hall–Kier alpha value is -1.31. The van der Waals surface area contributed by atoms with Crippen molar-refractivity contribution in [1.29, 1.82) is 0 Å². The lowest BCUT2D eigenvalue weighted by atomic mass is 10.2. The summed E-state index contributed by atoms with van der Waals surface area (Å²) in [5.74, 6) is 0. The summed E-state index contributed by atoms with van der Waals surface area (Å²) >= 11 is 0. The molecule has 0 aliphatic heterocycles. The van der Waals surface area contributed by atoms with Gasteiger partial charge < -0.3 is 4.74 Å². The Kier molecular flexibility index (Phi) is 3.92. The van der Waals surface area contributed by atoms with Crippen LogP contribution < -0.4 is 0 Å². The van der Waals surface area contributed by atoms with Gasteiger partial charge in [0.15, 0.2) is 6.40 Å². The number of nitrogens with zero attached hydrogens (tertiary/aromatic N) is 1. The largest absolute Gasteiger partial charge is 0.484 e. The highest BCUT2D eigenvalue weighted by molar-refractivity contribution is 5.46. The van der Waals surface area contributed by atoms with E-state index in [2.05, 4.69) is 4.99 Å². The summed E-state index contributed by atoms with van der Waals surface area (Å²) in [7, 11) is 0. The van der Waals surface area contributed by atoms with Crippen molar-refractivity contribution in [1.82, 2.24) is 0 Å². The number of hydrogen-bond donors (Lipinski definition) is 0. The monoisotopic (exact) mass is 163 g/mol. The summed E-state index contributed by atoms with van der Waals surface area (Å²) in [6, 6.07) is 10.1. The van der Waals surface area contributed by atoms with E-state index in [0.29, 0.717) is 13.2 Å². The van der Waals surface area contributed by atoms with Crippen LogP contribution in [0.2, 0.25) is 0 Å². The molecule has 64 valence electrons. The number of hydrogen-bond acceptors (Lipinski definition) is 2. The van der Waals surface area contributed by atoms with Gasteiger partial charge in [-0.1, -0.05) is 30.3 Å². The summed E-state index contributed by atoms with van der Waals surface area (Å²) in [6.07, 6.45) is 1.51. The molecule has 1 aromatic rings. The molecule has 0 amide bonds. The standard InChI is InChI=1S/C10H13NO/c1-2-12-9-11-8-10-6-4-3-5-7-10/h3-7,9H,2,8H2,1H3/b11-9-. The van der Waals surface area contributed by atoms with E-state index in [4.69, 9.17) is 4.74 Å². The van der Waals surface area contributed by atoms with Crippen molar-refractivity contribution in [2.24, 2.45) is 4.99 Å². The zero-order valence-corrected chi connectivity index (χ0v) is 7.23. The van der Waals surface area contributed by atoms with Crippen molar-refractivity contribution in [3.05, 3.63) is 35.9 Å². The highest BCUT2D eigenvalue weighted by atomic mass is 16.5. The Morgan fingerprint density at radius 2 is 2.08 bits per heavy atom. The predicted octanol–water partition coefficient (Wildman–Crippen LogP) is 2.25. The third kappa shape index (κ3) is 3.19. The molecule has 2 nitrogen and oxygen atoms in total. The molecule has 12 heavy (non-hydrogen) atoms. The first-order chi connectivity index (χ1) is 5.93. The molecule has 0 radical (unpaired) electrons. The molecule has 0 atom stereocenters. The normalized spacial score (nSPS) is 10.4. The second-order valence-corrected chi connectivity index (χ2v) is 2.39. The molecule has 0 heterocycles. The van der Waals surface area contributed by atoms with Crippen LogP contribution in [-0.4, -0.2) is 13.0 Å². The number of aliphatic imine (C=N–C) groups is 1. The van der Waals surface area contributed by atoms with Crippen LogP contribution in [0.25, 0.3) is 0 Å². The van der Waals surface area contributed by atoms with E-state index < -0.39 is 0 Å². The molecule has 0 saturated heterocycles. The number of benzene rings is 1. The maximum absolute atomic E-state index is 4.96. The van der Waals surface area contributed by atoms with Gasteiger partial charge in [-0.2, -0.15) is 0 Å². The van der Waals surface area contributed by atoms with Crippen LogP contribution in [0.3, 0.4) is 0 Å². The Labute approximate surface area is 72.9 Å². The molecule has 0 bridgehead atoms. The molecule has 1 aromatic carbocycles. The highest BCUT2D eigenvalue weighted by Gasteiger charge is 1.85. The summed E-state index contributed by atoms with van der Waals surface area (Å²) in [5.41, 5.74) is 1.20. The molecule has 0 unspecified atom stereocenters. The van der Waals surface area contributed by atoms with E-state index in [1.54, 1.807) is 0 Å². The SMILES string of the molecule is CCO/C=N\Cc1ccccc1. The van der Waals surface area contributed by atoms with Crippen LogP contribution in [0.1, 0.15) is 12.5 Å². The molecular weight excluding hydrogens is 150 g/mol. The van der Waals surface area contributed by atoms with Gasteiger partial charge in [0.25, 0.3) is 0 Å². The molecule has 0 spiro atoms. The second-order valence-electron chi connectivity index (χ2n) is 2.39. The first kappa shape index (κ1) is 8.78. The van der Waals surface area contributed by atoms with Crippen LogP contribution >= 0.6 is 0 Å². The molecule has 0 fully saturated rings. The average molecular weight is 163 g/mol. The van der Waals surface area contributed by atoms with E-state index in [9.17, 15) is 0 Å². The number of ether oxygens (including phenoxy) is 1. The lowest BCUT2D eigenvalue weighted by Gasteiger charge is -1.94. The third-order valence-electron chi connectivity index (χ3n) is 1.43. The molecule has 0 aliphatic carbocycles. The second kappa shape index (κ2) is 5.35. The van der Waals surface area contributed by atoms with E-state index >= 15 is 0 Å². The quantitative estimate of drug-likeness (QED) is 0.492. The van der Waals surface area contributed by atoms with Gasteiger partial charge in [0.1, 0.15) is 0 Å². The number of rotatable bonds is 4. The fraction of sp³-hybridized carbons (Fsp3) is 0.300. The molecule has 2 heteroatoms. The van der Waals surface area contributed by atoms with Crippen molar-refractivity contribution in [3.63, 3.8) is 0 Å². The first-order valence-electron chi connectivity index (χ1n) is 4.07. The molecular formula is C10H13NO. The predicted molar refractivity (Wildman–Crippen MR) is 50.3 cm³/mol. The Morgan fingerprint density at radius 3 is 2.75 bits per heavy atom. The van der Waals surface area contributed by atoms with Crippen molar-refractivity contribution in [3.8, 4) is 0 Å². The zero-order chi connectivity index (χ0) is 8.65. The minimum atomic E-state index is 0.679. The minimum absolute atomic E-state index is 0.679. The fourth-order valence-corrected chi connectivity index (χ4v) is 0.853. The minimum Gasteiger partial charge on any atom is -0.484 e. The van der Waals surface area contributed by atoms with Crippen LogP contribution in [0.4, 0.5) is 0 Å². The van der Waals surface area contributed by atoms with Gasteiger partial charge in [-0.05, 0) is 12.5 Å². The van der Waals surface area contributed by atoms with Gasteiger partial charge in [0, 0.05) is 0 Å². The van der Waals surface area contributed by atoms with Gasteiger partial charge in [0.05, 0.1) is 13.2 Å². The zero-order valence-electron chi connectivity index (χ0n) is 7.23. The topological polar surface area (TPSA) is 21.6 Å². The van der Waals surface area contributed by atoms with E-state index in [0.717, 1.165) is 0 Å². The van der Waals surface area contributed by atoms with Crippen LogP contribution in [-0.2, 0) is 11.3 Å². The average Bonchev–Trinajstić information content (AvgIpc) is 2.14. The first-order valence-corrected chi connectivity index (χ1v) is 4.07. The van der Waals surface area contributed by atoms with E-state index in [-0.39, 0.29) is 0 Å². The van der Waals surface area contributed by atoms with Crippen LogP contribution in [0.5, 0.6) is 0 Å². The van der Waals surface area contributed by atoms with Gasteiger partial charge in [-0.15, -0.1) is 0 Å². The van der Waals surface area contributed by atoms with Crippen molar-refractivity contribution in [2.45, 2.75) is 13.5 Å².